The number of nitrogen functional groups attached to an aromatic ring is 1. The van der Waals surface area contributed by atoms with Crippen molar-refractivity contribution in [3.05, 3.63) is 53.6 Å². The number of aryl methyl sites for hydroxylation is 1. The Morgan fingerprint density at radius 3 is 2.05 bits per heavy atom. The molecule has 0 bridgehead atoms. The molecule has 5 heteroatoms. The van der Waals surface area contributed by atoms with E-state index >= 15 is 0 Å². The van der Waals surface area contributed by atoms with E-state index in [0.29, 0.717) is 5.69 Å². The molecule has 2 aromatic carbocycles. The maximum Gasteiger partial charge on any atom is 0.418 e. The summed E-state index contributed by atoms with van der Waals surface area (Å²) in [5, 5.41) is 0. The molecule has 2 N–H and O–H groups in total. The van der Waals surface area contributed by atoms with Gasteiger partial charge in [0.15, 0.2) is 0 Å². The Balaban J connectivity index is 2.40. The minimum Gasteiger partial charge on any atom is -0.398 e. The molecule has 0 saturated heterocycles. The molecule has 0 spiro atoms. The minimum atomic E-state index is -4.45. The van der Waals surface area contributed by atoms with Gasteiger partial charge in [-0.25, -0.2) is 0 Å². The number of nitrogens with zero attached hydrogens (tertiary/aromatic N) is 1. The van der Waals surface area contributed by atoms with Crippen LogP contribution in [0.4, 0.5) is 30.2 Å². The van der Waals surface area contributed by atoms with Gasteiger partial charge in [-0.1, -0.05) is 17.7 Å². The fraction of sp³-hybridized carbons (Fsp3) is 0.200. The molecule has 0 aliphatic carbocycles. The molecule has 0 aliphatic heterocycles. The summed E-state index contributed by atoms with van der Waals surface area (Å²) in [5.41, 5.74) is 6.67. The smallest absolute Gasteiger partial charge is 0.398 e. The molecule has 0 fully saturated rings. The predicted molar refractivity (Wildman–Crippen MR) is 75.1 cm³/mol. The van der Waals surface area contributed by atoms with Crippen LogP contribution in [0.1, 0.15) is 11.1 Å². The number of alkyl halides is 3. The van der Waals surface area contributed by atoms with Crippen molar-refractivity contribution in [2.75, 3.05) is 17.7 Å². The molecule has 0 heterocycles. The van der Waals surface area contributed by atoms with E-state index in [4.69, 9.17) is 5.73 Å². The summed E-state index contributed by atoms with van der Waals surface area (Å²) in [6, 6.07) is 11.5. The SMILES string of the molecule is Cc1ccc(N(C)c2ccc(N)c(C(F)(F)F)c2)cc1. The number of hydrogen-bond donors (Lipinski definition) is 1. The summed E-state index contributed by atoms with van der Waals surface area (Å²) in [4.78, 5) is 1.69. The molecule has 0 saturated carbocycles. The molecule has 0 radical (unpaired) electrons. The fourth-order valence-corrected chi connectivity index (χ4v) is 1.92. The third-order valence-corrected chi connectivity index (χ3v) is 3.15. The normalized spacial score (nSPS) is 11.4. The van der Waals surface area contributed by atoms with Gasteiger partial charge < -0.3 is 10.6 Å². The van der Waals surface area contributed by atoms with Gasteiger partial charge in [0.25, 0.3) is 0 Å². The first kappa shape index (κ1) is 14.2. The summed E-state index contributed by atoms with van der Waals surface area (Å²) >= 11 is 0. The van der Waals surface area contributed by atoms with E-state index < -0.39 is 11.7 Å². The maximum atomic E-state index is 12.8. The van der Waals surface area contributed by atoms with E-state index in [-0.39, 0.29) is 5.69 Å². The van der Waals surface area contributed by atoms with Crippen LogP contribution in [0.25, 0.3) is 0 Å². The van der Waals surface area contributed by atoms with E-state index in [1.54, 1.807) is 18.0 Å². The van der Waals surface area contributed by atoms with Crippen molar-refractivity contribution >= 4 is 17.1 Å². The van der Waals surface area contributed by atoms with Gasteiger partial charge in [0.2, 0.25) is 0 Å². The number of rotatable bonds is 2. The second-order valence-corrected chi connectivity index (χ2v) is 4.66. The molecule has 20 heavy (non-hydrogen) atoms. The molecular weight excluding hydrogens is 265 g/mol. The van der Waals surface area contributed by atoms with Gasteiger partial charge in [0, 0.05) is 24.1 Å². The standard InChI is InChI=1S/C15H15F3N2/c1-10-3-5-11(6-4-10)20(2)12-7-8-14(19)13(9-12)15(16,17)18/h3-9H,19H2,1-2H3. The molecule has 0 aliphatic rings. The first-order valence-electron chi connectivity index (χ1n) is 6.06. The van der Waals surface area contributed by atoms with Crippen LogP contribution in [0.15, 0.2) is 42.5 Å². The van der Waals surface area contributed by atoms with Crippen molar-refractivity contribution in [1.29, 1.82) is 0 Å². The average Bonchev–Trinajstić information content (AvgIpc) is 2.38. The molecule has 2 nitrogen and oxygen atoms in total. The van der Waals surface area contributed by atoms with E-state index in [2.05, 4.69) is 0 Å². The Morgan fingerprint density at radius 2 is 1.50 bits per heavy atom. The molecular formula is C15H15F3N2. The van der Waals surface area contributed by atoms with Gasteiger partial charge in [-0.3, -0.25) is 0 Å². The Morgan fingerprint density at radius 1 is 0.950 bits per heavy atom. The zero-order valence-electron chi connectivity index (χ0n) is 11.2. The molecule has 0 unspecified atom stereocenters. The van der Waals surface area contributed by atoms with Crippen LogP contribution in [-0.2, 0) is 6.18 Å². The van der Waals surface area contributed by atoms with Gasteiger partial charge in [0.05, 0.1) is 5.56 Å². The van der Waals surface area contributed by atoms with Crippen LogP contribution in [-0.4, -0.2) is 7.05 Å². The van der Waals surface area contributed by atoms with Crippen molar-refractivity contribution in [1.82, 2.24) is 0 Å². The highest BCUT2D eigenvalue weighted by Crippen LogP contribution is 2.37. The molecule has 2 rings (SSSR count). The van der Waals surface area contributed by atoms with Crippen LogP contribution >= 0.6 is 0 Å². The molecule has 106 valence electrons. The van der Waals surface area contributed by atoms with E-state index in [1.807, 2.05) is 31.2 Å². The number of benzene rings is 2. The van der Waals surface area contributed by atoms with Crippen LogP contribution in [0.2, 0.25) is 0 Å². The largest absolute Gasteiger partial charge is 0.418 e. The predicted octanol–water partition coefficient (Wildman–Crippen LogP) is 4.36. The van der Waals surface area contributed by atoms with Crippen LogP contribution < -0.4 is 10.6 Å². The first-order valence-corrected chi connectivity index (χ1v) is 6.06. The van der Waals surface area contributed by atoms with Crippen molar-refractivity contribution in [3.8, 4) is 0 Å². The Hall–Kier alpha value is -2.17. The highest BCUT2D eigenvalue weighted by Gasteiger charge is 2.33. The Kier molecular flexibility index (Phi) is 3.61. The lowest BCUT2D eigenvalue weighted by molar-refractivity contribution is -0.136. The number of halogens is 3. The Labute approximate surface area is 115 Å². The summed E-state index contributed by atoms with van der Waals surface area (Å²) in [5.74, 6) is 0. The maximum absolute atomic E-state index is 12.8. The highest BCUT2D eigenvalue weighted by atomic mass is 19.4. The van der Waals surface area contributed by atoms with Crippen molar-refractivity contribution < 1.29 is 13.2 Å². The van der Waals surface area contributed by atoms with Crippen LogP contribution in [0.3, 0.4) is 0 Å². The van der Waals surface area contributed by atoms with Crippen molar-refractivity contribution in [2.24, 2.45) is 0 Å². The average molecular weight is 280 g/mol. The second kappa shape index (κ2) is 5.07. The first-order chi connectivity index (χ1) is 9.29. The molecule has 0 atom stereocenters. The molecule has 0 amide bonds. The van der Waals surface area contributed by atoms with Crippen LogP contribution in [0, 0.1) is 6.92 Å². The Bertz CT molecular complexity index is 604. The zero-order valence-corrected chi connectivity index (χ0v) is 11.2. The van der Waals surface area contributed by atoms with Crippen molar-refractivity contribution in [3.63, 3.8) is 0 Å². The van der Waals surface area contributed by atoms with Gasteiger partial charge in [-0.2, -0.15) is 13.2 Å². The van der Waals surface area contributed by atoms with Crippen molar-refractivity contribution in [2.45, 2.75) is 13.1 Å². The highest BCUT2D eigenvalue weighted by molar-refractivity contribution is 5.67. The number of nitrogens with two attached hydrogens (primary N) is 1. The van der Waals surface area contributed by atoms with Crippen LogP contribution in [0.5, 0.6) is 0 Å². The number of anilines is 3. The van der Waals surface area contributed by atoms with Gasteiger partial charge >= 0.3 is 6.18 Å². The third kappa shape index (κ3) is 2.87. The van der Waals surface area contributed by atoms with Gasteiger partial charge in [0.1, 0.15) is 0 Å². The monoisotopic (exact) mass is 280 g/mol. The summed E-state index contributed by atoms with van der Waals surface area (Å²) < 4.78 is 38.5. The number of hydrogen-bond acceptors (Lipinski definition) is 2. The topological polar surface area (TPSA) is 29.3 Å². The summed E-state index contributed by atoms with van der Waals surface area (Å²) in [7, 11) is 1.72. The summed E-state index contributed by atoms with van der Waals surface area (Å²) in [6.07, 6.45) is -4.45. The van der Waals surface area contributed by atoms with E-state index in [1.165, 1.54) is 6.07 Å². The lowest BCUT2D eigenvalue weighted by atomic mass is 10.1. The minimum absolute atomic E-state index is 0.265. The van der Waals surface area contributed by atoms with Gasteiger partial charge in [-0.05, 0) is 37.3 Å². The fourth-order valence-electron chi connectivity index (χ4n) is 1.92. The van der Waals surface area contributed by atoms with E-state index in [9.17, 15) is 13.2 Å². The molecule has 2 aromatic rings. The molecule has 0 aromatic heterocycles. The lowest BCUT2D eigenvalue weighted by Crippen LogP contribution is -2.13. The summed E-state index contributed by atoms with van der Waals surface area (Å²) in [6.45, 7) is 1.95. The lowest BCUT2D eigenvalue weighted by Gasteiger charge is -2.21. The van der Waals surface area contributed by atoms with E-state index in [0.717, 1.165) is 17.3 Å². The second-order valence-electron chi connectivity index (χ2n) is 4.66. The quantitative estimate of drug-likeness (QED) is 0.828. The third-order valence-electron chi connectivity index (χ3n) is 3.15. The zero-order chi connectivity index (χ0) is 14.9. The van der Waals surface area contributed by atoms with Gasteiger partial charge in [-0.15, -0.1) is 0 Å².